The molecule has 0 atom stereocenters. The van der Waals surface area contributed by atoms with Gasteiger partial charge in [0.25, 0.3) is 0 Å². The molecule has 1 aromatic carbocycles. The maximum atomic E-state index is 5.96. The number of benzene rings is 1. The Labute approximate surface area is 132 Å². The van der Waals surface area contributed by atoms with E-state index in [2.05, 4.69) is 31.2 Å². The zero-order valence-electron chi connectivity index (χ0n) is 13.1. The summed E-state index contributed by atoms with van der Waals surface area (Å²) >= 11 is 5.96. The predicted molar refractivity (Wildman–Crippen MR) is 89.1 cm³/mol. The molecule has 2 aromatic rings. The Hall–Kier alpha value is -1.32. The van der Waals surface area contributed by atoms with Crippen molar-refractivity contribution in [2.45, 2.75) is 40.2 Å². The highest BCUT2D eigenvalue weighted by Gasteiger charge is 2.11. The van der Waals surface area contributed by atoms with E-state index < -0.39 is 0 Å². The quantitative estimate of drug-likeness (QED) is 0.830. The van der Waals surface area contributed by atoms with Crippen LogP contribution in [0.1, 0.15) is 38.4 Å². The van der Waals surface area contributed by atoms with E-state index >= 15 is 0 Å². The Morgan fingerprint density at radius 1 is 1.24 bits per heavy atom. The summed E-state index contributed by atoms with van der Waals surface area (Å²) in [6, 6.07) is 7.84. The standard InChI is InChI=1S/C17H24ClN3/c1-4-5-17-14(11-19-10-13(2)3)12-20-21(17)16-8-6-15(18)7-9-16/h6-9,12-13,19H,4-5,10-11H2,1-3H3. The SMILES string of the molecule is CCCc1c(CNCC(C)C)cnn1-c1ccc(Cl)cc1. The molecule has 114 valence electrons. The third kappa shape index (κ3) is 4.32. The highest BCUT2D eigenvalue weighted by molar-refractivity contribution is 6.30. The summed E-state index contributed by atoms with van der Waals surface area (Å²) in [5.74, 6) is 0.658. The van der Waals surface area contributed by atoms with Crippen molar-refractivity contribution in [1.29, 1.82) is 0 Å². The van der Waals surface area contributed by atoms with Gasteiger partial charge in [0, 0.05) is 22.8 Å². The molecule has 0 saturated carbocycles. The fourth-order valence-corrected chi connectivity index (χ4v) is 2.48. The molecule has 2 rings (SSSR count). The van der Waals surface area contributed by atoms with E-state index in [4.69, 9.17) is 11.6 Å². The molecule has 4 heteroatoms. The third-order valence-corrected chi connectivity index (χ3v) is 3.63. The molecule has 3 nitrogen and oxygen atoms in total. The van der Waals surface area contributed by atoms with Crippen LogP contribution in [0, 0.1) is 5.92 Å². The number of halogens is 1. The number of nitrogens with one attached hydrogen (secondary N) is 1. The van der Waals surface area contributed by atoms with E-state index in [0.29, 0.717) is 5.92 Å². The second kappa shape index (κ2) is 7.62. The van der Waals surface area contributed by atoms with E-state index in [1.165, 1.54) is 11.3 Å². The summed E-state index contributed by atoms with van der Waals surface area (Å²) in [7, 11) is 0. The molecule has 21 heavy (non-hydrogen) atoms. The highest BCUT2D eigenvalue weighted by Crippen LogP contribution is 2.19. The summed E-state index contributed by atoms with van der Waals surface area (Å²) in [4.78, 5) is 0. The molecule has 0 saturated heterocycles. The van der Waals surface area contributed by atoms with Gasteiger partial charge >= 0.3 is 0 Å². The average Bonchev–Trinajstić information content (AvgIpc) is 2.83. The molecular weight excluding hydrogens is 282 g/mol. The lowest BCUT2D eigenvalue weighted by atomic mass is 10.1. The van der Waals surface area contributed by atoms with E-state index in [-0.39, 0.29) is 0 Å². The second-order valence-corrected chi connectivity index (χ2v) is 6.22. The monoisotopic (exact) mass is 305 g/mol. The van der Waals surface area contributed by atoms with Gasteiger partial charge in [-0.05, 0) is 43.1 Å². The molecular formula is C17H24ClN3. The van der Waals surface area contributed by atoms with Crippen molar-refractivity contribution in [2.75, 3.05) is 6.54 Å². The van der Waals surface area contributed by atoms with Crippen LogP contribution in [0.4, 0.5) is 0 Å². The van der Waals surface area contributed by atoms with Gasteiger partial charge in [-0.25, -0.2) is 4.68 Å². The minimum atomic E-state index is 0.658. The second-order valence-electron chi connectivity index (χ2n) is 5.78. The van der Waals surface area contributed by atoms with Crippen LogP contribution in [0.2, 0.25) is 5.02 Å². The van der Waals surface area contributed by atoms with Crippen molar-refractivity contribution in [3.63, 3.8) is 0 Å². The molecule has 0 bridgehead atoms. The van der Waals surface area contributed by atoms with Crippen LogP contribution in [-0.4, -0.2) is 16.3 Å². The maximum absolute atomic E-state index is 5.96. The molecule has 0 fully saturated rings. The number of hydrogen-bond donors (Lipinski definition) is 1. The fourth-order valence-electron chi connectivity index (χ4n) is 2.36. The lowest BCUT2D eigenvalue weighted by Gasteiger charge is -2.11. The molecule has 1 N–H and O–H groups in total. The van der Waals surface area contributed by atoms with Gasteiger partial charge < -0.3 is 5.32 Å². The van der Waals surface area contributed by atoms with Crippen molar-refractivity contribution in [3.8, 4) is 5.69 Å². The van der Waals surface area contributed by atoms with Crippen molar-refractivity contribution in [1.82, 2.24) is 15.1 Å². The van der Waals surface area contributed by atoms with Gasteiger partial charge in [-0.2, -0.15) is 5.10 Å². The lowest BCUT2D eigenvalue weighted by Crippen LogP contribution is -2.19. The van der Waals surface area contributed by atoms with Crippen molar-refractivity contribution in [3.05, 3.63) is 46.7 Å². The van der Waals surface area contributed by atoms with Crippen LogP contribution in [-0.2, 0) is 13.0 Å². The maximum Gasteiger partial charge on any atom is 0.0649 e. The molecule has 0 aliphatic heterocycles. The first kappa shape index (κ1) is 16.1. The van der Waals surface area contributed by atoms with E-state index in [1.54, 1.807) is 0 Å². The number of aromatic nitrogens is 2. The normalized spacial score (nSPS) is 11.3. The van der Waals surface area contributed by atoms with Crippen molar-refractivity contribution in [2.24, 2.45) is 5.92 Å². The van der Waals surface area contributed by atoms with Gasteiger partial charge in [0.15, 0.2) is 0 Å². The van der Waals surface area contributed by atoms with Gasteiger partial charge in [-0.3, -0.25) is 0 Å². The van der Waals surface area contributed by atoms with Crippen LogP contribution < -0.4 is 5.32 Å². The summed E-state index contributed by atoms with van der Waals surface area (Å²) in [5.41, 5.74) is 3.64. The predicted octanol–water partition coefficient (Wildman–Crippen LogP) is 4.22. The molecule has 1 heterocycles. The summed E-state index contributed by atoms with van der Waals surface area (Å²) in [6.45, 7) is 8.54. The van der Waals surface area contributed by atoms with E-state index in [0.717, 1.165) is 36.6 Å². The van der Waals surface area contributed by atoms with Crippen LogP contribution >= 0.6 is 11.6 Å². The first-order valence-electron chi connectivity index (χ1n) is 7.64. The summed E-state index contributed by atoms with van der Waals surface area (Å²) in [5, 5.41) is 8.82. The Bertz CT molecular complexity index is 558. The van der Waals surface area contributed by atoms with Crippen LogP contribution in [0.15, 0.2) is 30.5 Å². The van der Waals surface area contributed by atoms with E-state index in [1.807, 2.05) is 35.1 Å². The molecule has 0 aliphatic carbocycles. The molecule has 0 aliphatic rings. The minimum absolute atomic E-state index is 0.658. The smallest absolute Gasteiger partial charge is 0.0649 e. The first-order chi connectivity index (χ1) is 10.1. The van der Waals surface area contributed by atoms with Gasteiger partial charge in [-0.15, -0.1) is 0 Å². The van der Waals surface area contributed by atoms with Crippen LogP contribution in [0.3, 0.4) is 0 Å². The topological polar surface area (TPSA) is 29.9 Å². The first-order valence-corrected chi connectivity index (χ1v) is 8.02. The molecule has 0 spiro atoms. The molecule has 0 unspecified atom stereocenters. The van der Waals surface area contributed by atoms with Gasteiger partial charge in [-0.1, -0.05) is 38.8 Å². The lowest BCUT2D eigenvalue weighted by molar-refractivity contribution is 0.550. The zero-order valence-corrected chi connectivity index (χ0v) is 13.8. The third-order valence-electron chi connectivity index (χ3n) is 3.38. The number of hydrogen-bond acceptors (Lipinski definition) is 2. The van der Waals surface area contributed by atoms with Crippen LogP contribution in [0.25, 0.3) is 5.69 Å². The van der Waals surface area contributed by atoms with E-state index in [9.17, 15) is 0 Å². The van der Waals surface area contributed by atoms with Crippen LogP contribution in [0.5, 0.6) is 0 Å². The number of nitrogens with zero attached hydrogens (tertiary/aromatic N) is 2. The Morgan fingerprint density at radius 2 is 1.95 bits per heavy atom. The number of rotatable bonds is 7. The summed E-state index contributed by atoms with van der Waals surface area (Å²) in [6.07, 6.45) is 4.12. The van der Waals surface area contributed by atoms with Crippen molar-refractivity contribution < 1.29 is 0 Å². The van der Waals surface area contributed by atoms with Crippen molar-refractivity contribution >= 4 is 11.6 Å². The molecule has 0 amide bonds. The summed E-state index contributed by atoms with van der Waals surface area (Å²) < 4.78 is 2.03. The zero-order chi connectivity index (χ0) is 15.2. The Kier molecular flexibility index (Phi) is 5.83. The Balaban J connectivity index is 2.21. The van der Waals surface area contributed by atoms with Gasteiger partial charge in [0.05, 0.1) is 11.9 Å². The Morgan fingerprint density at radius 3 is 2.57 bits per heavy atom. The highest BCUT2D eigenvalue weighted by atomic mass is 35.5. The van der Waals surface area contributed by atoms with Gasteiger partial charge in [0.1, 0.15) is 0 Å². The van der Waals surface area contributed by atoms with Gasteiger partial charge in [0.2, 0.25) is 0 Å². The molecule has 0 radical (unpaired) electrons. The largest absolute Gasteiger partial charge is 0.312 e. The average molecular weight is 306 g/mol. The molecule has 1 aromatic heterocycles. The minimum Gasteiger partial charge on any atom is -0.312 e. The fraction of sp³-hybridized carbons (Fsp3) is 0.471.